The lowest BCUT2D eigenvalue weighted by molar-refractivity contribution is -0.129. The molecule has 1 unspecified atom stereocenters. The summed E-state index contributed by atoms with van der Waals surface area (Å²) in [6, 6.07) is 8.77. The molecule has 0 spiro atoms. The standard InChI is InChI=1S/C10H14N2O2/c11-6-7-12-10(14)9(13)8-4-2-1-3-5-8/h1-5,9,13H,6-7,11H2,(H,12,14). The Bertz CT molecular complexity index is 287. The van der Waals surface area contributed by atoms with Crippen molar-refractivity contribution in [2.45, 2.75) is 6.10 Å². The zero-order valence-electron chi connectivity index (χ0n) is 7.81. The Hall–Kier alpha value is -1.39. The summed E-state index contributed by atoms with van der Waals surface area (Å²) < 4.78 is 0. The summed E-state index contributed by atoms with van der Waals surface area (Å²) in [6.45, 7) is 0.746. The topological polar surface area (TPSA) is 75.3 Å². The molecule has 1 atom stereocenters. The van der Waals surface area contributed by atoms with E-state index in [9.17, 15) is 9.90 Å². The third-order valence-electron chi connectivity index (χ3n) is 1.81. The molecule has 14 heavy (non-hydrogen) atoms. The van der Waals surface area contributed by atoms with E-state index < -0.39 is 12.0 Å². The van der Waals surface area contributed by atoms with E-state index in [4.69, 9.17) is 5.73 Å². The van der Waals surface area contributed by atoms with Crippen molar-refractivity contribution >= 4 is 5.91 Å². The molecule has 4 heteroatoms. The van der Waals surface area contributed by atoms with Gasteiger partial charge in [0.25, 0.3) is 5.91 Å². The number of hydrogen-bond donors (Lipinski definition) is 3. The number of aliphatic hydroxyl groups is 1. The number of aliphatic hydroxyl groups excluding tert-OH is 1. The van der Waals surface area contributed by atoms with Crippen LogP contribution in [-0.2, 0) is 4.79 Å². The normalized spacial score (nSPS) is 12.1. The van der Waals surface area contributed by atoms with Gasteiger partial charge in [0.15, 0.2) is 6.10 Å². The number of nitrogens with two attached hydrogens (primary N) is 1. The van der Waals surface area contributed by atoms with Gasteiger partial charge in [-0.3, -0.25) is 4.79 Å². The quantitative estimate of drug-likeness (QED) is 0.621. The van der Waals surface area contributed by atoms with Crippen molar-refractivity contribution in [2.24, 2.45) is 5.73 Å². The highest BCUT2D eigenvalue weighted by molar-refractivity contribution is 5.81. The maximum absolute atomic E-state index is 11.3. The molecular formula is C10H14N2O2. The average molecular weight is 194 g/mol. The zero-order chi connectivity index (χ0) is 10.4. The number of hydrogen-bond acceptors (Lipinski definition) is 3. The molecule has 1 rings (SSSR count). The monoisotopic (exact) mass is 194 g/mol. The Labute approximate surface area is 82.7 Å². The third kappa shape index (κ3) is 2.83. The van der Waals surface area contributed by atoms with E-state index in [1.54, 1.807) is 24.3 Å². The van der Waals surface area contributed by atoms with Crippen LogP contribution in [0.4, 0.5) is 0 Å². The molecule has 0 aliphatic rings. The lowest BCUT2D eigenvalue weighted by Crippen LogP contribution is -2.33. The van der Waals surface area contributed by atoms with Gasteiger partial charge in [-0.2, -0.15) is 0 Å². The van der Waals surface area contributed by atoms with E-state index in [0.717, 1.165) is 0 Å². The maximum Gasteiger partial charge on any atom is 0.253 e. The van der Waals surface area contributed by atoms with E-state index in [1.807, 2.05) is 6.07 Å². The zero-order valence-corrected chi connectivity index (χ0v) is 7.81. The highest BCUT2D eigenvalue weighted by atomic mass is 16.3. The average Bonchev–Trinajstić information content (AvgIpc) is 2.26. The lowest BCUT2D eigenvalue weighted by atomic mass is 10.1. The first-order valence-corrected chi connectivity index (χ1v) is 4.46. The van der Waals surface area contributed by atoms with Gasteiger partial charge in [0.05, 0.1) is 0 Å². The fourth-order valence-corrected chi connectivity index (χ4v) is 1.08. The minimum absolute atomic E-state index is 0.368. The van der Waals surface area contributed by atoms with Crippen LogP contribution >= 0.6 is 0 Å². The van der Waals surface area contributed by atoms with Crippen LogP contribution in [0.3, 0.4) is 0 Å². The van der Waals surface area contributed by atoms with Gasteiger partial charge < -0.3 is 16.2 Å². The van der Waals surface area contributed by atoms with Gasteiger partial charge in [0.1, 0.15) is 0 Å². The molecule has 76 valence electrons. The fraction of sp³-hybridized carbons (Fsp3) is 0.300. The summed E-state index contributed by atoms with van der Waals surface area (Å²) in [7, 11) is 0. The summed E-state index contributed by atoms with van der Waals surface area (Å²) in [5.41, 5.74) is 5.80. The Balaban J connectivity index is 2.57. The molecule has 1 aromatic rings. The second-order valence-corrected chi connectivity index (χ2v) is 2.89. The van der Waals surface area contributed by atoms with Crippen molar-refractivity contribution in [2.75, 3.05) is 13.1 Å². The molecule has 1 amide bonds. The Morgan fingerprint density at radius 2 is 2.07 bits per heavy atom. The largest absolute Gasteiger partial charge is 0.378 e. The molecule has 1 aromatic carbocycles. The second kappa shape index (κ2) is 5.36. The van der Waals surface area contributed by atoms with Crippen molar-refractivity contribution in [3.63, 3.8) is 0 Å². The van der Waals surface area contributed by atoms with Crippen molar-refractivity contribution in [3.05, 3.63) is 35.9 Å². The van der Waals surface area contributed by atoms with Crippen molar-refractivity contribution in [1.82, 2.24) is 5.32 Å². The minimum atomic E-state index is -1.11. The molecule has 0 heterocycles. The summed E-state index contributed by atoms with van der Waals surface area (Å²) >= 11 is 0. The van der Waals surface area contributed by atoms with Gasteiger partial charge in [-0.1, -0.05) is 30.3 Å². The lowest BCUT2D eigenvalue weighted by Gasteiger charge is -2.10. The summed E-state index contributed by atoms with van der Waals surface area (Å²) in [5, 5.41) is 12.1. The van der Waals surface area contributed by atoms with Crippen LogP contribution in [0.1, 0.15) is 11.7 Å². The predicted molar refractivity (Wildman–Crippen MR) is 53.5 cm³/mol. The first-order chi connectivity index (χ1) is 6.75. The smallest absolute Gasteiger partial charge is 0.253 e. The van der Waals surface area contributed by atoms with Crippen LogP contribution in [0.5, 0.6) is 0 Å². The number of rotatable bonds is 4. The first-order valence-electron chi connectivity index (χ1n) is 4.46. The summed E-state index contributed by atoms with van der Waals surface area (Å²) in [5.74, 6) is -0.415. The molecule has 0 bridgehead atoms. The molecular weight excluding hydrogens is 180 g/mol. The van der Waals surface area contributed by atoms with E-state index in [-0.39, 0.29) is 0 Å². The van der Waals surface area contributed by atoms with Crippen molar-refractivity contribution in [3.8, 4) is 0 Å². The minimum Gasteiger partial charge on any atom is -0.378 e. The highest BCUT2D eigenvalue weighted by Crippen LogP contribution is 2.11. The number of nitrogens with one attached hydrogen (secondary N) is 1. The predicted octanol–water partition coefficient (Wildman–Crippen LogP) is -0.205. The molecule has 0 saturated heterocycles. The number of amides is 1. The van der Waals surface area contributed by atoms with Crippen LogP contribution in [0.2, 0.25) is 0 Å². The Morgan fingerprint density at radius 3 is 2.64 bits per heavy atom. The number of carbonyl (C=O) groups excluding carboxylic acids is 1. The first kappa shape index (κ1) is 10.7. The molecule has 0 aliphatic carbocycles. The van der Waals surface area contributed by atoms with Gasteiger partial charge in [0.2, 0.25) is 0 Å². The molecule has 4 nitrogen and oxygen atoms in total. The van der Waals surface area contributed by atoms with Crippen LogP contribution in [0.15, 0.2) is 30.3 Å². The molecule has 0 saturated carbocycles. The van der Waals surface area contributed by atoms with Crippen LogP contribution < -0.4 is 11.1 Å². The van der Waals surface area contributed by atoms with Crippen molar-refractivity contribution in [1.29, 1.82) is 0 Å². The molecule has 0 radical (unpaired) electrons. The highest BCUT2D eigenvalue weighted by Gasteiger charge is 2.15. The van der Waals surface area contributed by atoms with Gasteiger partial charge in [-0.25, -0.2) is 0 Å². The van der Waals surface area contributed by atoms with E-state index in [2.05, 4.69) is 5.32 Å². The van der Waals surface area contributed by atoms with Gasteiger partial charge in [-0.15, -0.1) is 0 Å². The SMILES string of the molecule is NCCNC(=O)C(O)c1ccccc1. The molecule has 4 N–H and O–H groups in total. The summed E-state index contributed by atoms with van der Waals surface area (Å²) in [4.78, 5) is 11.3. The third-order valence-corrected chi connectivity index (χ3v) is 1.81. The van der Waals surface area contributed by atoms with Gasteiger partial charge in [0, 0.05) is 13.1 Å². The van der Waals surface area contributed by atoms with E-state index in [1.165, 1.54) is 0 Å². The summed E-state index contributed by atoms with van der Waals surface area (Å²) in [6.07, 6.45) is -1.11. The van der Waals surface area contributed by atoms with Crippen LogP contribution in [0.25, 0.3) is 0 Å². The molecule has 0 aliphatic heterocycles. The second-order valence-electron chi connectivity index (χ2n) is 2.89. The molecule has 0 fully saturated rings. The molecule has 0 aromatic heterocycles. The van der Waals surface area contributed by atoms with Gasteiger partial charge in [-0.05, 0) is 5.56 Å². The maximum atomic E-state index is 11.3. The Morgan fingerprint density at radius 1 is 1.43 bits per heavy atom. The number of carbonyl (C=O) groups is 1. The van der Waals surface area contributed by atoms with Gasteiger partial charge >= 0.3 is 0 Å². The van der Waals surface area contributed by atoms with Crippen LogP contribution in [0, 0.1) is 0 Å². The number of benzene rings is 1. The van der Waals surface area contributed by atoms with E-state index >= 15 is 0 Å². The Kier molecular flexibility index (Phi) is 4.10. The van der Waals surface area contributed by atoms with Crippen molar-refractivity contribution < 1.29 is 9.90 Å². The van der Waals surface area contributed by atoms with E-state index in [0.29, 0.717) is 18.7 Å². The van der Waals surface area contributed by atoms with Crippen LogP contribution in [-0.4, -0.2) is 24.1 Å². The fourth-order valence-electron chi connectivity index (χ4n) is 1.08.